The summed E-state index contributed by atoms with van der Waals surface area (Å²) in [5.74, 6) is 0.0342. The van der Waals surface area contributed by atoms with Crippen LogP contribution in [0.1, 0.15) is 64.7 Å². The van der Waals surface area contributed by atoms with Gasteiger partial charge in [0, 0.05) is 22.4 Å². The van der Waals surface area contributed by atoms with E-state index < -0.39 is 0 Å². The van der Waals surface area contributed by atoms with Crippen molar-refractivity contribution in [2.45, 2.75) is 46.5 Å². The molecule has 0 radical (unpaired) electrons. The number of aryl methyl sites for hydroxylation is 1. The number of nitrogens with zero attached hydrogens (tertiary/aromatic N) is 2. The van der Waals surface area contributed by atoms with Crippen LogP contribution < -0.4 is 0 Å². The number of carbonyl (C=O) groups is 1. The number of hydrogen-bond donors (Lipinski definition) is 0. The van der Waals surface area contributed by atoms with Gasteiger partial charge in [-0.05, 0) is 41.9 Å². The maximum Gasteiger partial charge on any atom is 0.196 e. The lowest BCUT2D eigenvalue weighted by Crippen LogP contribution is -2.16. The molecule has 0 bridgehead atoms. The van der Waals surface area contributed by atoms with E-state index in [4.69, 9.17) is 4.84 Å². The molecule has 126 valence electrons. The van der Waals surface area contributed by atoms with Crippen LogP contribution in [0.25, 0.3) is 0 Å². The molecule has 2 aromatic rings. The van der Waals surface area contributed by atoms with Crippen molar-refractivity contribution in [1.82, 2.24) is 4.37 Å². The summed E-state index contributed by atoms with van der Waals surface area (Å²) in [6, 6.07) is 3.91. The highest BCUT2D eigenvalue weighted by Crippen LogP contribution is 2.32. The van der Waals surface area contributed by atoms with Gasteiger partial charge in [-0.25, -0.2) is 4.37 Å². The van der Waals surface area contributed by atoms with Crippen LogP contribution in [-0.4, -0.2) is 22.5 Å². The fourth-order valence-corrected chi connectivity index (χ4v) is 3.89. The molecule has 0 N–H and O–H groups in total. The molecule has 0 unspecified atom stereocenters. The zero-order chi connectivity index (χ0) is 17.5. The number of hydrogen-bond acceptors (Lipinski definition) is 5. The predicted molar refractivity (Wildman–Crippen MR) is 97.3 cm³/mol. The van der Waals surface area contributed by atoms with Gasteiger partial charge in [0.25, 0.3) is 0 Å². The average molecular weight is 342 g/mol. The van der Waals surface area contributed by atoms with Gasteiger partial charge in [-0.15, -0.1) is 0 Å². The summed E-state index contributed by atoms with van der Waals surface area (Å²) in [6.07, 6.45) is 2.48. The van der Waals surface area contributed by atoms with E-state index in [2.05, 4.69) is 30.3 Å². The van der Waals surface area contributed by atoms with Crippen molar-refractivity contribution in [1.29, 1.82) is 0 Å². The van der Waals surface area contributed by atoms with E-state index in [0.717, 1.165) is 39.3 Å². The second kappa shape index (κ2) is 6.13. The van der Waals surface area contributed by atoms with Gasteiger partial charge >= 0.3 is 0 Å². The van der Waals surface area contributed by atoms with E-state index in [1.807, 2.05) is 26.0 Å². The molecule has 1 aromatic carbocycles. The molecule has 5 heteroatoms. The lowest BCUT2D eigenvalue weighted by molar-refractivity contribution is 0.103. The van der Waals surface area contributed by atoms with Crippen molar-refractivity contribution in [2.24, 2.45) is 5.16 Å². The van der Waals surface area contributed by atoms with Crippen molar-refractivity contribution in [3.8, 4) is 0 Å². The van der Waals surface area contributed by atoms with Gasteiger partial charge in [0.2, 0.25) is 0 Å². The first-order chi connectivity index (χ1) is 11.3. The quantitative estimate of drug-likeness (QED) is 0.776. The summed E-state index contributed by atoms with van der Waals surface area (Å²) >= 11 is 1.40. The summed E-state index contributed by atoms with van der Waals surface area (Å²) in [6.45, 7) is 11.0. The summed E-state index contributed by atoms with van der Waals surface area (Å²) in [4.78, 5) is 19.3. The van der Waals surface area contributed by atoms with Gasteiger partial charge in [-0.3, -0.25) is 4.79 Å². The van der Waals surface area contributed by atoms with Crippen LogP contribution in [0, 0.1) is 13.8 Å². The van der Waals surface area contributed by atoms with Crippen LogP contribution in [0.4, 0.5) is 0 Å². The number of aromatic nitrogens is 1. The van der Waals surface area contributed by atoms with E-state index in [0.29, 0.717) is 12.2 Å². The van der Waals surface area contributed by atoms with Crippen LogP contribution in [0.5, 0.6) is 0 Å². The van der Waals surface area contributed by atoms with Gasteiger partial charge in [-0.1, -0.05) is 38.1 Å². The highest BCUT2D eigenvalue weighted by Gasteiger charge is 2.27. The van der Waals surface area contributed by atoms with Crippen LogP contribution in [-0.2, 0) is 10.3 Å². The molecular formula is C19H22N2O2S. The molecular weight excluding hydrogens is 320 g/mol. The minimum atomic E-state index is -0.100. The molecule has 0 fully saturated rings. The Morgan fingerprint density at radius 3 is 2.58 bits per heavy atom. The standard InChI is InChI=1S/C19H22N2O2S/c1-11-6-7-13(12(2)16(11)15-8-9-23-21-15)17(22)14-10-20-24-18(14)19(3,4)5/h6-7,10H,8-9H2,1-5H3. The van der Waals surface area contributed by atoms with E-state index in [9.17, 15) is 4.79 Å². The van der Waals surface area contributed by atoms with Crippen molar-refractivity contribution in [2.75, 3.05) is 6.61 Å². The third-order valence-electron chi connectivity index (χ3n) is 4.31. The van der Waals surface area contributed by atoms with Crippen molar-refractivity contribution >= 4 is 23.0 Å². The number of ketones is 1. The first kappa shape index (κ1) is 16.8. The van der Waals surface area contributed by atoms with E-state index >= 15 is 0 Å². The van der Waals surface area contributed by atoms with Crippen molar-refractivity contribution in [3.05, 3.63) is 51.0 Å². The second-order valence-corrected chi connectivity index (χ2v) is 8.00. The first-order valence-corrected chi connectivity index (χ1v) is 8.87. The number of rotatable bonds is 3. The Kier molecular flexibility index (Phi) is 4.30. The Bertz CT molecular complexity index is 828. The Labute approximate surface area is 146 Å². The molecule has 3 rings (SSSR count). The molecule has 0 atom stereocenters. The minimum absolute atomic E-state index is 0.0342. The molecule has 0 saturated heterocycles. The highest BCUT2D eigenvalue weighted by molar-refractivity contribution is 7.06. The topological polar surface area (TPSA) is 51.5 Å². The Morgan fingerprint density at radius 1 is 1.21 bits per heavy atom. The van der Waals surface area contributed by atoms with Crippen LogP contribution >= 0.6 is 11.5 Å². The smallest absolute Gasteiger partial charge is 0.196 e. The maximum absolute atomic E-state index is 13.2. The summed E-state index contributed by atoms with van der Waals surface area (Å²) in [5.41, 5.74) is 5.38. The van der Waals surface area contributed by atoms with E-state index in [-0.39, 0.29) is 11.2 Å². The zero-order valence-corrected chi connectivity index (χ0v) is 15.6. The van der Waals surface area contributed by atoms with Gasteiger partial charge in [0.1, 0.15) is 6.61 Å². The molecule has 2 heterocycles. The largest absolute Gasteiger partial charge is 0.395 e. The number of carbonyl (C=O) groups excluding carboxylic acids is 1. The summed E-state index contributed by atoms with van der Waals surface area (Å²) in [7, 11) is 0. The minimum Gasteiger partial charge on any atom is -0.395 e. The molecule has 0 aliphatic carbocycles. The molecule has 1 aliphatic heterocycles. The Hall–Kier alpha value is -2.01. The van der Waals surface area contributed by atoms with Gasteiger partial charge < -0.3 is 4.84 Å². The molecule has 1 aliphatic rings. The van der Waals surface area contributed by atoms with Gasteiger partial charge in [-0.2, -0.15) is 0 Å². The molecule has 0 amide bonds. The third-order valence-corrected chi connectivity index (χ3v) is 5.53. The second-order valence-electron chi connectivity index (χ2n) is 7.20. The Morgan fingerprint density at radius 2 is 1.96 bits per heavy atom. The van der Waals surface area contributed by atoms with E-state index in [1.54, 1.807) is 6.20 Å². The summed E-state index contributed by atoms with van der Waals surface area (Å²) in [5, 5.41) is 4.14. The predicted octanol–water partition coefficient (Wildman–Crippen LogP) is 4.41. The molecule has 0 spiro atoms. The molecule has 0 saturated carbocycles. The fraction of sp³-hybridized carbons (Fsp3) is 0.421. The maximum atomic E-state index is 13.2. The van der Waals surface area contributed by atoms with Crippen molar-refractivity contribution < 1.29 is 9.63 Å². The number of benzene rings is 1. The molecule has 24 heavy (non-hydrogen) atoms. The molecule has 1 aromatic heterocycles. The third kappa shape index (κ3) is 2.88. The zero-order valence-electron chi connectivity index (χ0n) is 14.8. The molecule has 4 nitrogen and oxygen atoms in total. The average Bonchev–Trinajstić information content (AvgIpc) is 3.17. The fourth-order valence-electron chi connectivity index (χ4n) is 3.11. The lowest BCUT2D eigenvalue weighted by atomic mass is 9.86. The monoisotopic (exact) mass is 342 g/mol. The lowest BCUT2D eigenvalue weighted by Gasteiger charge is -2.18. The Balaban J connectivity index is 2.09. The SMILES string of the molecule is Cc1ccc(C(=O)c2cnsc2C(C)(C)C)c(C)c1C1=NOCC1. The van der Waals surface area contributed by atoms with Gasteiger partial charge in [0.15, 0.2) is 5.78 Å². The number of oxime groups is 1. The van der Waals surface area contributed by atoms with Crippen LogP contribution in [0.15, 0.2) is 23.5 Å². The van der Waals surface area contributed by atoms with Crippen molar-refractivity contribution in [3.63, 3.8) is 0 Å². The summed E-state index contributed by atoms with van der Waals surface area (Å²) < 4.78 is 4.26. The first-order valence-electron chi connectivity index (χ1n) is 8.10. The highest BCUT2D eigenvalue weighted by atomic mass is 32.1. The van der Waals surface area contributed by atoms with Gasteiger partial charge in [0.05, 0.1) is 17.5 Å². The normalized spacial score (nSPS) is 14.5. The van der Waals surface area contributed by atoms with Crippen LogP contribution in [0.2, 0.25) is 0 Å². The van der Waals surface area contributed by atoms with E-state index in [1.165, 1.54) is 11.5 Å². The van der Waals surface area contributed by atoms with Crippen LogP contribution in [0.3, 0.4) is 0 Å².